The number of aromatic nitrogens is 6. The smallest absolute Gasteiger partial charge is 0.247 e. The molecule has 6 aromatic heterocycles. The van der Waals surface area contributed by atoms with E-state index in [9.17, 15) is 0 Å². The molecule has 9 nitrogen and oxygen atoms in total. The van der Waals surface area contributed by atoms with Crippen molar-refractivity contribution in [2.45, 2.75) is 20.8 Å². The third kappa shape index (κ3) is 2.96. The van der Waals surface area contributed by atoms with Crippen LogP contribution >= 0.6 is 0 Å². The van der Waals surface area contributed by atoms with Crippen LogP contribution in [-0.4, -0.2) is 29.9 Å². The second kappa shape index (κ2) is 7.54. The number of hydrogen-bond donors (Lipinski definition) is 0. The van der Waals surface area contributed by atoms with E-state index in [1.165, 1.54) is 0 Å². The van der Waals surface area contributed by atoms with Gasteiger partial charge in [-0.3, -0.25) is 0 Å². The van der Waals surface area contributed by atoms with E-state index in [0.29, 0.717) is 51.4 Å². The molecular formula is C27H18N6O3. The molecule has 7 aromatic rings. The fraction of sp³-hybridized carbons (Fsp3) is 0.111. The lowest BCUT2D eigenvalue weighted by Gasteiger charge is -2.17. The van der Waals surface area contributed by atoms with E-state index in [2.05, 4.69) is 15.0 Å². The van der Waals surface area contributed by atoms with Crippen LogP contribution in [-0.2, 0) is 0 Å². The van der Waals surface area contributed by atoms with Gasteiger partial charge < -0.3 is 13.3 Å². The van der Waals surface area contributed by atoms with E-state index >= 15 is 0 Å². The summed E-state index contributed by atoms with van der Waals surface area (Å²) >= 11 is 0. The summed E-state index contributed by atoms with van der Waals surface area (Å²) in [6.45, 7) is 6.02. The molecule has 0 atom stereocenters. The van der Waals surface area contributed by atoms with Gasteiger partial charge in [-0.05, 0) is 73.9 Å². The Kier molecular flexibility index (Phi) is 4.28. The fourth-order valence-electron chi connectivity index (χ4n) is 4.81. The summed E-state index contributed by atoms with van der Waals surface area (Å²) in [5.41, 5.74) is 8.53. The van der Waals surface area contributed by atoms with Gasteiger partial charge in [-0.15, -0.1) is 0 Å². The largest absolute Gasteiger partial charge is 0.418 e. The first kappa shape index (κ1) is 20.5. The standard InChI is InChI=1S/C27H18N6O3/c1-13-19(25-31-16-7-4-10-28-22(16)34-25)14(2)21(27-33-18-9-6-12-30-24(18)36-27)15(3)20(13)26-32-17-8-5-11-29-23(17)35-26/h4-12H,1-3H3. The van der Waals surface area contributed by atoms with Gasteiger partial charge in [-0.25, -0.2) is 29.9 Å². The van der Waals surface area contributed by atoms with Gasteiger partial charge in [-0.1, -0.05) is 0 Å². The SMILES string of the molecule is Cc1c(-c2nc3cccnc3o2)c(C)c(-c2nc3cccnc3o2)c(C)c1-c1nc2cccnc2o1. The van der Waals surface area contributed by atoms with Crippen molar-refractivity contribution in [2.75, 3.05) is 0 Å². The monoisotopic (exact) mass is 474 g/mol. The molecule has 36 heavy (non-hydrogen) atoms. The van der Waals surface area contributed by atoms with Crippen molar-refractivity contribution in [3.05, 3.63) is 71.7 Å². The minimum atomic E-state index is 0.449. The van der Waals surface area contributed by atoms with Gasteiger partial charge in [0.15, 0.2) is 0 Å². The van der Waals surface area contributed by atoms with Crippen LogP contribution in [0.15, 0.2) is 68.2 Å². The Morgan fingerprint density at radius 3 is 1.06 bits per heavy atom. The third-order valence-electron chi connectivity index (χ3n) is 6.39. The number of rotatable bonds is 3. The topological polar surface area (TPSA) is 117 Å². The lowest BCUT2D eigenvalue weighted by molar-refractivity contribution is 0.601. The molecule has 0 fully saturated rings. The maximum Gasteiger partial charge on any atom is 0.247 e. The highest BCUT2D eigenvalue weighted by Gasteiger charge is 2.28. The molecule has 0 bridgehead atoms. The van der Waals surface area contributed by atoms with Crippen molar-refractivity contribution >= 4 is 33.7 Å². The summed E-state index contributed by atoms with van der Waals surface area (Å²) < 4.78 is 18.3. The quantitative estimate of drug-likeness (QED) is 0.294. The number of fused-ring (bicyclic) bond motifs is 3. The normalized spacial score (nSPS) is 11.8. The highest BCUT2D eigenvalue weighted by atomic mass is 16.4. The maximum absolute atomic E-state index is 6.11. The van der Waals surface area contributed by atoms with Crippen LogP contribution in [0.5, 0.6) is 0 Å². The van der Waals surface area contributed by atoms with Crippen molar-refractivity contribution in [3.8, 4) is 34.4 Å². The number of hydrogen-bond acceptors (Lipinski definition) is 9. The first-order valence-corrected chi connectivity index (χ1v) is 11.4. The highest BCUT2D eigenvalue weighted by molar-refractivity contribution is 5.89. The van der Waals surface area contributed by atoms with Crippen molar-refractivity contribution < 1.29 is 13.3 Å². The van der Waals surface area contributed by atoms with Gasteiger partial charge >= 0.3 is 0 Å². The van der Waals surface area contributed by atoms with Crippen LogP contribution in [0.25, 0.3) is 68.1 Å². The molecule has 7 rings (SSSR count). The highest BCUT2D eigenvalue weighted by Crippen LogP contribution is 2.44. The van der Waals surface area contributed by atoms with E-state index < -0.39 is 0 Å². The Hall–Kier alpha value is -4.92. The summed E-state index contributed by atoms with van der Waals surface area (Å²) in [6, 6.07) is 11.1. The Labute approximate surface area is 203 Å². The molecule has 0 aliphatic heterocycles. The molecule has 0 radical (unpaired) electrons. The first-order valence-electron chi connectivity index (χ1n) is 11.4. The van der Waals surface area contributed by atoms with Crippen molar-refractivity contribution in [1.82, 2.24) is 29.9 Å². The second-order valence-electron chi connectivity index (χ2n) is 8.54. The van der Waals surface area contributed by atoms with Gasteiger partial charge in [0.2, 0.25) is 34.8 Å². The second-order valence-corrected chi connectivity index (χ2v) is 8.54. The molecule has 0 aliphatic rings. The van der Waals surface area contributed by atoms with Crippen LogP contribution in [0, 0.1) is 20.8 Å². The van der Waals surface area contributed by atoms with E-state index in [1.54, 1.807) is 18.6 Å². The van der Waals surface area contributed by atoms with Crippen molar-refractivity contribution in [2.24, 2.45) is 0 Å². The van der Waals surface area contributed by atoms with Crippen LogP contribution in [0.2, 0.25) is 0 Å². The van der Waals surface area contributed by atoms with Gasteiger partial charge in [0.25, 0.3) is 0 Å². The van der Waals surface area contributed by atoms with E-state index in [-0.39, 0.29) is 0 Å². The van der Waals surface area contributed by atoms with Crippen molar-refractivity contribution in [1.29, 1.82) is 0 Å². The molecule has 1 aromatic carbocycles. The molecule has 174 valence electrons. The average Bonchev–Trinajstić information content (AvgIpc) is 3.59. The Morgan fingerprint density at radius 2 is 0.778 bits per heavy atom. The molecule has 0 aliphatic carbocycles. The first-order chi connectivity index (χ1) is 17.6. The van der Waals surface area contributed by atoms with Crippen LogP contribution in [0.3, 0.4) is 0 Å². The molecule has 0 spiro atoms. The molecule has 0 amide bonds. The number of oxazole rings is 3. The molecule has 0 saturated carbocycles. The molecule has 0 N–H and O–H groups in total. The third-order valence-corrected chi connectivity index (χ3v) is 6.39. The predicted molar refractivity (Wildman–Crippen MR) is 133 cm³/mol. The van der Waals surface area contributed by atoms with Gasteiger partial charge in [0, 0.05) is 35.3 Å². The molecule has 0 saturated heterocycles. The van der Waals surface area contributed by atoms with Gasteiger partial charge in [0.05, 0.1) is 0 Å². The zero-order chi connectivity index (χ0) is 24.4. The Bertz CT molecular complexity index is 1600. The molecule has 0 unspecified atom stereocenters. The van der Waals surface area contributed by atoms with Crippen LogP contribution < -0.4 is 0 Å². The van der Waals surface area contributed by atoms with E-state index in [4.69, 9.17) is 28.2 Å². The summed E-state index contributed by atoms with van der Waals surface area (Å²) in [6.07, 6.45) is 5.04. The Morgan fingerprint density at radius 1 is 0.472 bits per heavy atom. The van der Waals surface area contributed by atoms with Crippen LogP contribution in [0.4, 0.5) is 0 Å². The molecular weight excluding hydrogens is 456 g/mol. The van der Waals surface area contributed by atoms with Crippen LogP contribution in [0.1, 0.15) is 16.7 Å². The number of nitrogens with zero attached hydrogens (tertiary/aromatic N) is 6. The van der Waals surface area contributed by atoms with Crippen molar-refractivity contribution in [3.63, 3.8) is 0 Å². The molecule has 9 heteroatoms. The number of pyridine rings is 3. The minimum Gasteiger partial charge on any atom is -0.418 e. The summed E-state index contributed by atoms with van der Waals surface area (Å²) in [5, 5.41) is 0. The fourth-order valence-corrected chi connectivity index (χ4v) is 4.81. The zero-order valence-electron chi connectivity index (χ0n) is 19.6. The lowest BCUT2D eigenvalue weighted by Crippen LogP contribution is -2.01. The zero-order valence-corrected chi connectivity index (χ0v) is 19.6. The average molecular weight is 474 g/mol. The number of benzene rings is 1. The minimum absolute atomic E-state index is 0.449. The van der Waals surface area contributed by atoms with E-state index in [0.717, 1.165) is 33.4 Å². The van der Waals surface area contributed by atoms with Gasteiger partial charge in [0.1, 0.15) is 16.6 Å². The maximum atomic E-state index is 6.11. The summed E-state index contributed by atoms with van der Waals surface area (Å²) in [7, 11) is 0. The van der Waals surface area contributed by atoms with E-state index in [1.807, 2.05) is 57.2 Å². The summed E-state index contributed by atoms with van der Waals surface area (Å²) in [4.78, 5) is 27.1. The Balaban J connectivity index is 1.57. The summed E-state index contributed by atoms with van der Waals surface area (Å²) in [5.74, 6) is 1.35. The predicted octanol–water partition coefficient (Wildman–Crippen LogP) is 6.22. The van der Waals surface area contributed by atoms with Gasteiger partial charge in [-0.2, -0.15) is 0 Å². The lowest BCUT2D eigenvalue weighted by atomic mass is 9.87. The molecule has 6 heterocycles.